The third-order valence-electron chi connectivity index (χ3n) is 2.22. The molecule has 0 saturated heterocycles. The maximum absolute atomic E-state index is 4.39. The van der Waals surface area contributed by atoms with Gasteiger partial charge >= 0.3 is 0 Å². The summed E-state index contributed by atoms with van der Waals surface area (Å²) in [7, 11) is 1.82. The Labute approximate surface area is 102 Å². The Morgan fingerprint density at radius 1 is 1.31 bits per heavy atom. The van der Waals surface area contributed by atoms with E-state index >= 15 is 0 Å². The number of nitrogens with one attached hydrogen (secondary N) is 1. The van der Waals surface area contributed by atoms with Crippen LogP contribution in [-0.2, 0) is 0 Å². The topological polar surface area (TPSA) is 55.6 Å². The van der Waals surface area contributed by atoms with E-state index < -0.39 is 0 Å². The number of aromatic nitrogens is 4. The molecule has 0 aliphatic rings. The maximum atomic E-state index is 4.39. The second-order valence-corrected chi connectivity index (χ2v) is 4.24. The van der Waals surface area contributed by atoms with Gasteiger partial charge in [0.15, 0.2) is 5.82 Å². The zero-order chi connectivity index (χ0) is 11.7. The highest BCUT2D eigenvalue weighted by atomic mass is 79.9. The molecule has 0 amide bonds. The van der Waals surface area contributed by atoms with Gasteiger partial charge in [-0.25, -0.2) is 14.6 Å². The fraction of sp³-hybridized carbons (Fsp3) is 0.300. The normalized spacial score (nSPS) is 10.5. The fourth-order valence-electron chi connectivity index (χ4n) is 1.53. The zero-order valence-corrected chi connectivity index (χ0v) is 10.9. The summed E-state index contributed by atoms with van der Waals surface area (Å²) in [5.74, 6) is 1.49. The lowest BCUT2D eigenvalue weighted by Crippen LogP contribution is -2.06. The first-order chi connectivity index (χ1) is 7.63. The van der Waals surface area contributed by atoms with Gasteiger partial charge < -0.3 is 5.32 Å². The highest BCUT2D eigenvalue weighted by Crippen LogP contribution is 2.25. The van der Waals surface area contributed by atoms with Crippen molar-refractivity contribution in [1.82, 2.24) is 19.7 Å². The molecule has 0 spiro atoms. The van der Waals surface area contributed by atoms with Gasteiger partial charge in [-0.05, 0) is 35.8 Å². The van der Waals surface area contributed by atoms with Gasteiger partial charge in [0, 0.05) is 12.7 Å². The summed E-state index contributed by atoms with van der Waals surface area (Å²) >= 11 is 3.47. The van der Waals surface area contributed by atoms with Gasteiger partial charge in [-0.1, -0.05) is 0 Å². The second-order valence-electron chi connectivity index (χ2n) is 3.45. The molecular weight excluding hydrogens is 270 g/mol. The summed E-state index contributed by atoms with van der Waals surface area (Å²) in [5, 5.41) is 7.38. The van der Waals surface area contributed by atoms with E-state index in [1.54, 1.807) is 4.68 Å². The van der Waals surface area contributed by atoms with Crippen molar-refractivity contribution in [3.63, 3.8) is 0 Å². The molecular formula is C10H12BrN5. The molecule has 84 valence electrons. The standard InChI is InChI=1S/C10H12BrN5/c1-6-4-7(2)16(15-6)10-8(11)9(12-3)13-5-14-10/h4-5H,1-3H3,(H,12,13,14). The van der Waals surface area contributed by atoms with Gasteiger partial charge in [-0.3, -0.25) is 0 Å². The molecule has 2 rings (SSSR count). The first-order valence-electron chi connectivity index (χ1n) is 4.85. The van der Waals surface area contributed by atoms with Crippen LogP contribution in [0.3, 0.4) is 0 Å². The van der Waals surface area contributed by atoms with E-state index in [1.165, 1.54) is 6.33 Å². The Morgan fingerprint density at radius 2 is 2.06 bits per heavy atom. The molecule has 0 atom stereocenters. The van der Waals surface area contributed by atoms with Crippen LogP contribution >= 0.6 is 15.9 Å². The third-order valence-corrected chi connectivity index (χ3v) is 2.95. The van der Waals surface area contributed by atoms with Crippen molar-refractivity contribution >= 4 is 21.7 Å². The molecule has 2 aromatic heterocycles. The van der Waals surface area contributed by atoms with E-state index in [9.17, 15) is 0 Å². The molecule has 0 unspecified atom stereocenters. The van der Waals surface area contributed by atoms with Crippen molar-refractivity contribution in [1.29, 1.82) is 0 Å². The number of hydrogen-bond acceptors (Lipinski definition) is 4. The number of halogens is 1. The van der Waals surface area contributed by atoms with Gasteiger partial charge in [0.1, 0.15) is 16.6 Å². The predicted octanol–water partition coefficient (Wildman–Crippen LogP) is 2.08. The van der Waals surface area contributed by atoms with E-state index in [0.717, 1.165) is 27.5 Å². The van der Waals surface area contributed by atoms with Crippen molar-refractivity contribution in [2.75, 3.05) is 12.4 Å². The Morgan fingerprint density at radius 3 is 2.62 bits per heavy atom. The largest absolute Gasteiger partial charge is 0.372 e. The van der Waals surface area contributed by atoms with Crippen LogP contribution in [0.15, 0.2) is 16.9 Å². The molecule has 0 fully saturated rings. The van der Waals surface area contributed by atoms with Gasteiger partial charge in [0.05, 0.1) is 5.69 Å². The van der Waals surface area contributed by atoms with Crippen LogP contribution in [0.2, 0.25) is 0 Å². The predicted molar refractivity (Wildman–Crippen MR) is 65.9 cm³/mol. The highest BCUT2D eigenvalue weighted by Gasteiger charge is 2.12. The third kappa shape index (κ3) is 1.80. The molecule has 2 aromatic rings. The molecule has 0 radical (unpaired) electrons. The Balaban J connectivity index is 2.60. The van der Waals surface area contributed by atoms with Crippen LogP contribution in [0.1, 0.15) is 11.4 Å². The lowest BCUT2D eigenvalue weighted by molar-refractivity contribution is 0.796. The molecule has 0 bridgehead atoms. The maximum Gasteiger partial charge on any atom is 0.173 e. The van der Waals surface area contributed by atoms with Crippen molar-refractivity contribution in [2.24, 2.45) is 0 Å². The van der Waals surface area contributed by atoms with Crippen molar-refractivity contribution in [3.8, 4) is 5.82 Å². The quantitative estimate of drug-likeness (QED) is 0.916. The van der Waals surface area contributed by atoms with Crippen LogP contribution < -0.4 is 5.32 Å². The van der Waals surface area contributed by atoms with Crippen LogP contribution in [0.25, 0.3) is 5.82 Å². The average molecular weight is 282 g/mol. The summed E-state index contributed by atoms with van der Waals surface area (Å²) in [6, 6.07) is 2.01. The minimum Gasteiger partial charge on any atom is -0.372 e. The van der Waals surface area contributed by atoms with Gasteiger partial charge in [-0.15, -0.1) is 0 Å². The molecule has 0 aliphatic heterocycles. The molecule has 0 aromatic carbocycles. The molecule has 2 heterocycles. The number of rotatable bonds is 2. The summed E-state index contributed by atoms with van der Waals surface area (Å²) in [5.41, 5.74) is 2.01. The molecule has 5 nitrogen and oxygen atoms in total. The lowest BCUT2D eigenvalue weighted by Gasteiger charge is -2.08. The summed E-state index contributed by atoms with van der Waals surface area (Å²) in [6.45, 7) is 3.95. The highest BCUT2D eigenvalue weighted by molar-refractivity contribution is 9.10. The summed E-state index contributed by atoms with van der Waals surface area (Å²) in [4.78, 5) is 8.34. The fourth-order valence-corrected chi connectivity index (χ4v) is 2.10. The Kier molecular flexibility index (Phi) is 2.91. The van der Waals surface area contributed by atoms with Crippen molar-refractivity contribution in [3.05, 3.63) is 28.3 Å². The van der Waals surface area contributed by atoms with Crippen molar-refractivity contribution in [2.45, 2.75) is 13.8 Å². The molecule has 16 heavy (non-hydrogen) atoms. The summed E-state index contributed by atoms with van der Waals surface area (Å²) < 4.78 is 2.60. The van der Waals surface area contributed by atoms with Gasteiger partial charge in [0.2, 0.25) is 0 Å². The molecule has 0 saturated carbocycles. The molecule has 1 N–H and O–H groups in total. The minimum atomic E-state index is 0.741. The SMILES string of the molecule is CNc1ncnc(-n2nc(C)cc2C)c1Br. The van der Waals surface area contributed by atoms with E-state index in [1.807, 2.05) is 27.0 Å². The number of nitrogens with zero attached hydrogens (tertiary/aromatic N) is 4. The number of aryl methyl sites for hydroxylation is 2. The minimum absolute atomic E-state index is 0.741. The van der Waals surface area contributed by atoms with Crippen LogP contribution in [0.4, 0.5) is 5.82 Å². The van der Waals surface area contributed by atoms with Gasteiger partial charge in [-0.2, -0.15) is 5.10 Å². The van der Waals surface area contributed by atoms with Crippen molar-refractivity contribution < 1.29 is 0 Å². The molecule has 0 aliphatic carbocycles. The lowest BCUT2D eigenvalue weighted by atomic mass is 10.4. The Bertz CT molecular complexity index is 520. The van der Waals surface area contributed by atoms with Gasteiger partial charge in [0.25, 0.3) is 0 Å². The number of anilines is 1. The monoisotopic (exact) mass is 281 g/mol. The van der Waals surface area contributed by atoms with Crippen LogP contribution in [-0.4, -0.2) is 26.8 Å². The average Bonchev–Trinajstić information content (AvgIpc) is 2.58. The summed E-state index contributed by atoms with van der Waals surface area (Å²) in [6.07, 6.45) is 1.52. The van der Waals surface area contributed by atoms with Crippen LogP contribution in [0, 0.1) is 13.8 Å². The van der Waals surface area contributed by atoms with E-state index in [4.69, 9.17) is 0 Å². The van der Waals surface area contributed by atoms with E-state index in [2.05, 4.69) is 36.3 Å². The zero-order valence-electron chi connectivity index (χ0n) is 9.32. The first kappa shape index (κ1) is 11.1. The smallest absolute Gasteiger partial charge is 0.173 e. The van der Waals surface area contributed by atoms with E-state index in [0.29, 0.717) is 0 Å². The second kappa shape index (κ2) is 4.21. The molecule has 6 heteroatoms. The number of hydrogen-bond donors (Lipinski definition) is 1. The Hall–Kier alpha value is -1.43. The first-order valence-corrected chi connectivity index (χ1v) is 5.64. The van der Waals surface area contributed by atoms with E-state index in [-0.39, 0.29) is 0 Å². The van der Waals surface area contributed by atoms with Crippen LogP contribution in [0.5, 0.6) is 0 Å².